The van der Waals surface area contributed by atoms with Crippen molar-refractivity contribution in [2.75, 3.05) is 0 Å². The van der Waals surface area contributed by atoms with Gasteiger partial charge in [0.2, 0.25) is 5.82 Å². The molecule has 0 fully saturated rings. The third kappa shape index (κ3) is 1.18. The fourth-order valence-corrected chi connectivity index (χ4v) is 0.861. The van der Waals surface area contributed by atoms with Crippen LogP contribution < -0.4 is 5.56 Å². The van der Waals surface area contributed by atoms with Gasteiger partial charge in [-0.15, -0.1) is 0 Å². The van der Waals surface area contributed by atoms with E-state index in [2.05, 4.69) is 0 Å². The largest absolute Gasteiger partial charge is 0.324 e. The van der Waals surface area contributed by atoms with Gasteiger partial charge in [0.05, 0.1) is 3.57 Å². The highest BCUT2D eigenvalue weighted by molar-refractivity contribution is 14.1. The summed E-state index contributed by atoms with van der Waals surface area (Å²) in [7, 11) is 0. The Labute approximate surface area is 68.4 Å². The van der Waals surface area contributed by atoms with Crippen LogP contribution in [0, 0.1) is 15.2 Å². The van der Waals surface area contributed by atoms with Crippen LogP contribution in [0.5, 0.6) is 0 Å². The lowest BCUT2D eigenvalue weighted by atomic mass is 10.5. The molecule has 1 rings (SSSR count). The summed E-state index contributed by atoms with van der Waals surface area (Å²) in [4.78, 5) is 12.3. The number of hydrogen-bond donors (Lipinski definition) is 1. The van der Waals surface area contributed by atoms with Crippen molar-refractivity contribution in [3.8, 4) is 0 Å². The summed E-state index contributed by atoms with van der Waals surface area (Å²) < 4.78 is 24.5. The minimum atomic E-state index is -1.07. The van der Waals surface area contributed by atoms with Gasteiger partial charge in [-0.3, -0.25) is 4.79 Å². The molecule has 0 unspecified atom stereocenters. The topological polar surface area (TPSA) is 32.9 Å². The zero-order valence-corrected chi connectivity index (χ0v) is 6.78. The number of hydrogen-bond acceptors (Lipinski definition) is 1. The molecule has 54 valence electrons. The Morgan fingerprint density at radius 2 is 2.10 bits per heavy atom. The van der Waals surface area contributed by atoms with Gasteiger partial charge in [0.1, 0.15) is 0 Å². The Kier molecular flexibility index (Phi) is 2.02. The summed E-state index contributed by atoms with van der Waals surface area (Å²) in [6.07, 6.45) is 0.827. The van der Waals surface area contributed by atoms with Gasteiger partial charge in [-0.25, -0.2) is 4.39 Å². The van der Waals surface area contributed by atoms with Crippen molar-refractivity contribution in [3.05, 3.63) is 31.8 Å². The van der Waals surface area contributed by atoms with Gasteiger partial charge in [0, 0.05) is 6.20 Å². The van der Waals surface area contributed by atoms with E-state index in [1.807, 2.05) is 4.98 Å². The molecule has 0 radical (unpaired) electrons. The summed E-state index contributed by atoms with van der Waals surface area (Å²) in [6.45, 7) is 0. The number of aromatic amines is 1. The molecule has 0 saturated carbocycles. The van der Waals surface area contributed by atoms with Gasteiger partial charge in [0.15, 0.2) is 5.82 Å². The highest BCUT2D eigenvalue weighted by atomic mass is 127. The van der Waals surface area contributed by atoms with E-state index >= 15 is 0 Å². The first-order chi connectivity index (χ1) is 4.63. The van der Waals surface area contributed by atoms with Crippen LogP contribution in [0.25, 0.3) is 0 Å². The fourth-order valence-electron chi connectivity index (χ4n) is 0.460. The third-order valence-corrected chi connectivity index (χ3v) is 1.92. The second-order valence-electron chi connectivity index (χ2n) is 1.59. The summed E-state index contributed by atoms with van der Waals surface area (Å²) in [5, 5.41) is 0. The van der Waals surface area contributed by atoms with Crippen LogP contribution in [0.2, 0.25) is 0 Å². The second-order valence-corrected chi connectivity index (χ2v) is 2.67. The van der Waals surface area contributed by atoms with Crippen molar-refractivity contribution in [1.82, 2.24) is 4.98 Å². The van der Waals surface area contributed by atoms with E-state index in [1.54, 1.807) is 0 Å². The minimum Gasteiger partial charge on any atom is -0.324 e. The first-order valence-corrected chi connectivity index (χ1v) is 3.43. The Balaban J connectivity index is 3.49. The van der Waals surface area contributed by atoms with Crippen LogP contribution in [0.15, 0.2) is 11.0 Å². The zero-order chi connectivity index (χ0) is 7.72. The molecule has 1 aromatic rings. The molecule has 2 nitrogen and oxygen atoms in total. The molecule has 0 aliphatic carbocycles. The summed E-state index contributed by atoms with van der Waals surface area (Å²) in [6, 6.07) is 0. The number of rotatable bonds is 0. The monoisotopic (exact) mass is 257 g/mol. The lowest BCUT2D eigenvalue weighted by Gasteiger charge is -1.92. The minimum absolute atomic E-state index is 0.277. The molecular weight excluding hydrogens is 255 g/mol. The quantitative estimate of drug-likeness (QED) is 0.697. The van der Waals surface area contributed by atoms with E-state index in [-0.39, 0.29) is 3.57 Å². The number of aromatic nitrogens is 1. The predicted molar refractivity (Wildman–Crippen MR) is 39.7 cm³/mol. The Bertz CT molecular complexity index is 309. The normalized spacial score (nSPS) is 9.90. The Morgan fingerprint density at radius 3 is 2.60 bits per heavy atom. The molecule has 1 N–H and O–H groups in total. The second kappa shape index (κ2) is 2.65. The molecule has 10 heavy (non-hydrogen) atoms. The number of halogens is 3. The SMILES string of the molecule is O=c1[nH]cc(F)c(I)c1F. The molecule has 0 aliphatic heterocycles. The zero-order valence-electron chi connectivity index (χ0n) is 4.62. The molecule has 5 heteroatoms. The lowest BCUT2D eigenvalue weighted by molar-refractivity contribution is 0.551. The van der Waals surface area contributed by atoms with Crippen molar-refractivity contribution < 1.29 is 8.78 Å². The smallest absolute Gasteiger partial charge is 0.285 e. The van der Waals surface area contributed by atoms with Crippen LogP contribution >= 0.6 is 22.6 Å². The first kappa shape index (κ1) is 7.64. The van der Waals surface area contributed by atoms with Gasteiger partial charge in [0.25, 0.3) is 5.56 Å². The van der Waals surface area contributed by atoms with Gasteiger partial charge in [-0.05, 0) is 22.6 Å². The Morgan fingerprint density at radius 1 is 1.50 bits per heavy atom. The van der Waals surface area contributed by atoms with Crippen molar-refractivity contribution >= 4 is 22.6 Å². The summed E-state index contributed by atoms with van der Waals surface area (Å²) in [5.41, 5.74) is -0.897. The first-order valence-electron chi connectivity index (χ1n) is 2.35. The molecule has 0 spiro atoms. The van der Waals surface area contributed by atoms with Crippen molar-refractivity contribution in [1.29, 1.82) is 0 Å². The van der Waals surface area contributed by atoms with Gasteiger partial charge in [-0.1, -0.05) is 0 Å². The summed E-state index contributed by atoms with van der Waals surface area (Å²) in [5.74, 6) is -1.82. The molecule has 0 aliphatic rings. The van der Waals surface area contributed by atoms with Gasteiger partial charge >= 0.3 is 0 Å². The van der Waals surface area contributed by atoms with Gasteiger partial charge in [-0.2, -0.15) is 4.39 Å². The van der Waals surface area contributed by atoms with E-state index in [9.17, 15) is 13.6 Å². The van der Waals surface area contributed by atoms with E-state index in [1.165, 1.54) is 22.6 Å². The molecule has 1 aromatic heterocycles. The van der Waals surface area contributed by atoms with Crippen molar-refractivity contribution in [2.45, 2.75) is 0 Å². The maximum absolute atomic E-state index is 12.4. The standard InChI is InChI=1S/C5H2F2INO/c6-2-1-9-5(10)3(7)4(2)8/h1H,(H,9,10). The average Bonchev–Trinajstić information content (AvgIpc) is 1.93. The van der Waals surface area contributed by atoms with E-state index < -0.39 is 17.2 Å². The van der Waals surface area contributed by atoms with E-state index in [0.717, 1.165) is 6.20 Å². The van der Waals surface area contributed by atoms with Gasteiger partial charge < -0.3 is 4.98 Å². The molecule has 0 bridgehead atoms. The molecule has 0 amide bonds. The Hall–Kier alpha value is -0.460. The lowest BCUT2D eigenvalue weighted by Crippen LogP contribution is -2.12. The molecule has 0 saturated heterocycles. The van der Waals surface area contributed by atoms with E-state index in [4.69, 9.17) is 0 Å². The predicted octanol–water partition coefficient (Wildman–Crippen LogP) is 1.26. The average molecular weight is 257 g/mol. The number of H-pyrrole nitrogens is 1. The highest BCUT2D eigenvalue weighted by Crippen LogP contribution is 2.08. The third-order valence-electron chi connectivity index (χ3n) is 0.932. The molecular formula is C5H2F2INO. The van der Waals surface area contributed by atoms with Crippen LogP contribution in [0.4, 0.5) is 8.78 Å². The fraction of sp³-hybridized carbons (Fsp3) is 0. The van der Waals surface area contributed by atoms with Crippen molar-refractivity contribution in [2.24, 2.45) is 0 Å². The highest BCUT2D eigenvalue weighted by Gasteiger charge is 2.07. The summed E-state index contributed by atoms with van der Waals surface area (Å²) >= 11 is 1.42. The van der Waals surface area contributed by atoms with Crippen LogP contribution in [0.1, 0.15) is 0 Å². The van der Waals surface area contributed by atoms with Crippen LogP contribution in [0.3, 0.4) is 0 Å². The maximum Gasteiger partial charge on any atom is 0.285 e. The maximum atomic E-state index is 12.4. The van der Waals surface area contributed by atoms with Crippen LogP contribution in [-0.2, 0) is 0 Å². The molecule has 1 heterocycles. The van der Waals surface area contributed by atoms with E-state index in [0.29, 0.717) is 0 Å². The number of pyridine rings is 1. The molecule has 0 aromatic carbocycles. The molecule has 0 atom stereocenters. The van der Waals surface area contributed by atoms with Crippen molar-refractivity contribution in [3.63, 3.8) is 0 Å². The number of nitrogens with one attached hydrogen (secondary N) is 1. The van der Waals surface area contributed by atoms with Crippen LogP contribution in [-0.4, -0.2) is 4.98 Å².